The molecule has 248 valence electrons. The number of benzene rings is 3. The monoisotopic (exact) mass is 672 g/mol. The number of piperidine rings is 1. The van der Waals surface area contributed by atoms with Gasteiger partial charge in [0.05, 0.1) is 29.8 Å². The minimum Gasteiger partial charge on any atom is -0.497 e. The van der Waals surface area contributed by atoms with Gasteiger partial charge in [0, 0.05) is 42.3 Å². The molecule has 6 rings (SSSR count). The van der Waals surface area contributed by atoms with E-state index in [0.29, 0.717) is 63.7 Å². The lowest BCUT2D eigenvalue weighted by atomic mass is 10.0. The molecule has 1 aliphatic heterocycles. The molecular formula is C34H33FN6O6S. The van der Waals surface area contributed by atoms with Gasteiger partial charge in [-0.25, -0.2) is 32.6 Å². The SMILES string of the molecule is COc1cccc(CS(=O)(=O)Nc2c(F)ccc3c(Oc4ncccc4-c4ccnc(NC5CCCN(C(=O)O)C5)n4)c(C)ccc23)c1. The first-order valence-electron chi connectivity index (χ1n) is 15.2. The topological polar surface area (TPSA) is 156 Å². The lowest BCUT2D eigenvalue weighted by molar-refractivity contribution is 0.132. The fourth-order valence-electron chi connectivity index (χ4n) is 5.67. The first-order valence-corrected chi connectivity index (χ1v) is 16.8. The molecule has 0 saturated carbocycles. The van der Waals surface area contributed by atoms with Gasteiger partial charge in [-0.1, -0.05) is 24.3 Å². The van der Waals surface area contributed by atoms with E-state index in [9.17, 15) is 18.3 Å². The van der Waals surface area contributed by atoms with Crippen LogP contribution in [-0.4, -0.2) is 65.7 Å². The Labute approximate surface area is 276 Å². The Hall–Kier alpha value is -5.50. The predicted octanol–water partition coefficient (Wildman–Crippen LogP) is 6.44. The van der Waals surface area contributed by atoms with Crippen LogP contribution in [0.5, 0.6) is 17.4 Å². The van der Waals surface area contributed by atoms with Gasteiger partial charge in [0.1, 0.15) is 17.3 Å². The van der Waals surface area contributed by atoms with Gasteiger partial charge in [0.15, 0.2) is 0 Å². The van der Waals surface area contributed by atoms with Crippen molar-refractivity contribution in [2.24, 2.45) is 0 Å². The van der Waals surface area contributed by atoms with Gasteiger partial charge in [0.25, 0.3) is 0 Å². The molecule has 0 spiro atoms. The molecule has 1 atom stereocenters. The summed E-state index contributed by atoms with van der Waals surface area (Å²) in [6.07, 6.45) is 3.70. The average molecular weight is 673 g/mol. The lowest BCUT2D eigenvalue weighted by Gasteiger charge is -2.31. The molecule has 14 heteroatoms. The minimum atomic E-state index is -4.02. The zero-order valence-electron chi connectivity index (χ0n) is 26.2. The number of aromatic nitrogens is 3. The van der Waals surface area contributed by atoms with E-state index in [1.807, 2.05) is 6.92 Å². The van der Waals surface area contributed by atoms with Gasteiger partial charge in [-0.15, -0.1) is 0 Å². The van der Waals surface area contributed by atoms with Crippen molar-refractivity contribution in [1.82, 2.24) is 19.9 Å². The van der Waals surface area contributed by atoms with Crippen molar-refractivity contribution in [3.63, 3.8) is 0 Å². The summed E-state index contributed by atoms with van der Waals surface area (Å²) in [5.74, 6) is 0.302. The number of hydrogen-bond donors (Lipinski definition) is 3. The second-order valence-corrected chi connectivity index (χ2v) is 13.1. The van der Waals surface area contributed by atoms with Gasteiger partial charge in [-0.05, 0) is 73.4 Å². The molecule has 3 heterocycles. The lowest BCUT2D eigenvalue weighted by Crippen LogP contribution is -2.44. The molecule has 0 aliphatic carbocycles. The number of likely N-dealkylation sites (tertiary alicyclic amines) is 1. The van der Waals surface area contributed by atoms with Crippen LogP contribution >= 0.6 is 0 Å². The molecule has 0 radical (unpaired) electrons. The number of amides is 1. The third kappa shape index (κ3) is 7.23. The maximum absolute atomic E-state index is 15.3. The van der Waals surface area contributed by atoms with Crippen molar-refractivity contribution >= 4 is 38.5 Å². The van der Waals surface area contributed by atoms with Crippen LogP contribution in [0.3, 0.4) is 0 Å². The Morgan fingerprint density at radius 1 is 1.06 bits per heavy atom. The van der Waals surface area contributed by atoms with Crippen LogP contribution in [0, 0.1) is 12.7 Å². The number of carbonyl (C=O) groups is 1. The van der Waals surface area contributed by atoms with Gasteiger partial charge in [-0.3, -0.25) is 4.72 Å². The van der Waals surface area contributed by atoms with E-state index in [2.05, 4.69) is 25.0 Å². The fourth-order valence-corrected chi connectivity index (χ4v) is 6.88. The number of nitrogens with zero attached hydrogens (tertiary/aromatic N) is 4. The summed E-state index contributed by atoms with van der Waals surface area (Å²) in [6.45, 7) is 2.64. The zero-order valence-corrected chi connectivity index (χ0v) is 27.0. The number of sulfonamides is 1. The number of ether oxygens (including phenoxy) is 2. The van der Waals surface area contributed by atoms with E-state index in [0.717, 1.165) is 12.8 Å². The first-order chi connectivity index (χ1) is 23.1. The molecule has 5 aromatic rings. The molecule has 0 bridgehead atoms. The highest BCUT2D eigenvalue weighted by Crippen LogP contribution is 2.40. The number of hydrogen-bond acceptors (Lipinski definition) is 9. The van der Waals surface area contributed by atoms with Crippen molar-refractivity contribution in [1.29, 1.82) is 0 Å². The predicted molar refractivity (Wildman–Crippen MR) is 179 cm³/mol. The third-order valence-electron chi connectivity index (χ3n) is 7.97. The minimum absolute atomic E-state index is 0.143. The molecule has 1 amide bonds. The zero-order chi connectivity index (χ0) is 33.8. The van der Waals surface area contributed by atoms with Crippen LogP contribution in [0.1, 0.15) is 24.0 Å². The standard InChI is InChI=1S/C34H33FN6O6S/c1-21-10-11-25-26(12-13-28(35)30(25)40-48(44,45)20-22-6-3-8-24(18-22)46-2)31(21)47-32-27(9-4-15-36-32)29-14-16-37-33(39-29)38-23-7-5-17-41(19-23)34(42)43/h3-4,6,8-16,18,23,40H,5,7,17,19-20H2,1-2H3,(H,42,43)(H,37,38,39). The first kappa shape index (κ1) is 32.4. The van der Waals surface area contributed by atoms with Gasteiger partial charge >= 0.3 is 6.09 Å². The highest BCUT2D eigenvalue weighted by Gasteiger charge is 2.24. The number of anilines is 2. The largest absolute Gasteiger partial charge is 0.497 e. The second kappa shape index (κ2) is 13.7. The number of aryl methyl sites for hydroxylation is 1. The van der Waals surface area contributed by atoms with Crippen LogP contribution in [0.4, 0.5) is 20.8 Å². The van der Waals surface area contributed by atoms with E-state index in [1.54, 1.807) is 67.0 Å². The average Bonchev–Trinajstić information content (AvgIpc) is 3.07. The highest BCUT2D eigenvalue weighted by molar-refractivity contribution is 7.91. The summed E-state index contributed by atoms with van der Waals surface area (Å²) < 4.78 is 55.7. The normalized spacial score (nSPS) is 14.8. The van der Waals surface area contributed by atoms with E-state index in [-0.39, 0.29) is 23.4 Å². The number of rotatable bonds is 10. The molecule has 1 fully saturated rings. The smallest absolute Gasteiger partial charge is 0.407 e. The Balaban J connectivity index is 1.29. The van der Waals surface area contributed by atoms with Gasteiger partial charge in [0.2, 0.25) is 21.9 Å². The Bertz CT molecular complexity index is 2100. The second-order valence-electron chi connectivity index (χ2n) is 11.4. The maximum atomic E-state index is 15.3. The quantitative estimate of drug-likeness (QED) is 0.151. The van der Waals surface area contributed by atoms with Crippen molar-refractivity contribution < 1.29 is 32.2 Å². The van der Waals surface area contributed by atoms with E-state index in [4.69, 9.17) is 9.47 Å². The van der Waals surface area contributed by atoms with Crippen LogP contribution in [0.25, 0.3) is 22.0 Å². The highest BCUT2D eigenvalue weighted by atomic mass is 32.2. The van der Waals surface area contributed by atoms with Crippen LogP contribution in [0.2, 0.25) is 0 Å². The number of nitrogens with one attached hydrogen (secondary N) is 2. The molecular weight excluding hydrogens is 639 g/mol. The Morgan fingerprint density at radius 2 is 1.90 bits per heavy atom. The van der Waals surface area contributed by atoms with Crippen LogP contribution in [-0.2, 0) is 15.8 Å². The Kier molecular flexibility index (Phi) is 9.26. The van der Waals surface area contributed by atoms with Crippen LogP contribution in [0.15, 0.2) is 79.1 Å². The summed E-state index contributed by atoms with van der Waals surface area (Å²) in [7, 11) is -2.53. The number of carboxylic acid groups (broad SMARTS) is 1. The number of fused-ring (bicyclic) bond motifs is 1. The maximum Gasteiger partial charge on any atom is 0.407 e. The summed E-state index contributed by atoms with van der Waals surface area (Å²) in [6, 6.07) is 17.8. The number of methoxy groups -OCH3 is 1. The molecule has 2 aromatic heterocycles. The summed E-state index contributed by atoms with van der Waals surface area (Å²) in [5, 5.41) is 13.4. The van der Waals surface area contributed by atoms with Gasteiger partial charge in [-0.2, -0.15) is 0 Å². The summed E-state index contributed by atoms with van der Waals surface area (Å²) in [5.41, 5.74) is 2.06. The molecule has 1 aliphatic rings. The fraction of sp³-hybridized carbons (Fsp3) is 0.235. The molecule has 1 saturated heterocycles. The Morgan fingerprint density at radius 3 is 2.71 bits per heavy atom. The number of halogens is 1. The van der Waals surface area contributed by atoms with Crippen molar-refractivity contribution in [2.45, 2.75) is 31.6 Å². The van der Waals surface area contributed by atoms with Crippen LogP contribution < -0.4 is 19.5 Å². The van der Waals surface area contributed by atoms with E-state index < -0.39 is 21.9 Å². The van der Waals surface area contributed by atoms with Crippen molar-refractivity contribution in [2.75, 3.05) is 30.2 Å². The molecule has 1 unspecified atom stereocenters. The summed E-state index contributed by atoms with van der Waals surface area (Å²) >= 11 is 0. The third-order valence-corrected chi connectivity index (χ3v) is 9.20. The molecule has 3 N–H and O–H groups in total. The van der Waals surface area contributed by atoms with E-state index in [1.165, 1.54) is 24.1 Å². The molecule has 48 heavy (non-hydrogen) atoms. The summed E-state index contributed by atoms with van der Waals surface area (Å²) in [4.78, 5) is 26.3. The molecule has 12 nitrogen and oxygen atoms in total. The van der Waals surface area contributed by atoms with E-state index >= 15 is 4.39 Å². The molecule has 3 aromatic carbocycles. The van der Waals surface area contributed by atoms with Gasteiger partial charge < -0.3 is 24.8 Å². The van der Waals surface area contributed by atoms with Crippen molar-refractivity contribution in [3.05, 3.63) is 96.1 Å². The van der Waals surface area contributed by atoms with Crippen molar-refractivity contribution in [3.8, 4) is 28.6 Å². The number of pyridine rings is 1.